The fraction of sp³-hybridized carbons (Fsp3) is 0.263. The number of aliphatic hydroxyl groups is 1. The van der Waals surface area contributed by atoms with E-state index in [1.165, 1.54) is 18.5 Å². The van der Waals surface area contributed by atoms with Gasteiger partial charge in [0.25, 0.3) is 0 Å². The van der Waals surface area contributed by atoms with E-state index in [4.69, 9.17) is 16.3 Å². The SMILES string of the molecule is OC(CCCOc1ccc(F)cc1)(Cn1cncn1)c1ccc(Cl)cc1. The predicted molar refractivity (Wildman–Crippen MR) is 96.5 cm³/mol. The molecule has 0 aliphatic carbocycles. The number of aromatic nitrogens is 3. The van der Waals surface area contributed by atoms with E-state index in [-0.39, 0.29) is 12.4 Å². The van der Waals surface area contributed by atoms with Crippen LogP contribution in [0.3, 0.4) is 0 Å². The lowest BCUT2D eigenvalue weighted by Crippen LogP contribution is -2.32. The van der Waals surface area contributed by atoms with Crippen LogP contribution in [0, 0.1) is 5.82 Å². The molecule has 1 heterocycles. The number of ether oxygens (including phenoxy) is 1. The van der Waals surface area contributed by atoms with E-state index in [0.29, 0.717) is 30.2 Å². The lowest BCUT2D eigenvalue weighted by atomic mass is 9.89. The molecule has 0 saturated carbocycles. The molecule has 26 heavy (non-hydrogen) atoms. The summed E-state index contributed by atoms with van der Waals surface area (Å²) in [6.07, 6.45) is 4.05. The number of hydrogen-bond acceptors (Lipinski definition) is 4. The van der Waals surface area contributed by atoms with Gasteiger partial charge < -0.3 is 9.84 Å². The van der Waals surface area contributed by atoms with Gasteiger partial charge in [-0.3, -0.25) is 0 Å². The van der Waals surface area contributed by atoms with Crippen LogP contribution in [-0.4, -0.2) is 26.5 Å². The Hall–Kier alpha value is -2.44. The van der Waals surface area contributed by atoms with E-state index in [0.717, 1.165) is 5.56 Å². The maximum absolute atomic E-state index is 12.9. The summed E-state index contributed by atoms with van der Waals surface area (Å²) in [6, 6.07) is 13.0. The molecule has 0 bridgehead atoms. The van der Waals surface area contributed by atoms with E-state index in [1.807, 2.05) is 0 Å². The van der Waals surface area contributed by atoms with Gasteiger partial charge >= 0.3 is 0 Å². The third kappa shape index (κ3) is 4.80. The standard InChI is InChI=1S/C19H19ClFN3O2/c20-16-4-2-15(3-5-16)19(25,12-24-14-22-13-23-24)10-1-11-26-18-8-6-17(21)7-9-18/h2-9,13-14,25H,1,10-12H2. The van der Waals surface area contributed by atoms with Crippen molar-refractivity contribution in [1.29, 1.82) is 0 Å². The summed E-state index contributed by atoms with van der Waals surface area (Å²) in [7, 11) is 0. The van der Waals surface area contributed by atoms with Crippen molar-refractivity contribution in [3.63, 3.8) is 0 Å². The summed E-state index contributed by atoms with van der Waals surface area (Å²) < 4.78 is 20.1. The first-order chi connectivity index (χ1) is 12.5. The molecule has 3 rings (SSSR count). The van der Waals surface area contributed by atoms with Gasteiger partial charge in [-0.2, -0.15) is 5.10 Å². The van der Waals surface area contributed by atoms with Crippen molar-refractivity contribution in [2.45, 2.75) is 25.0 Å². The minimum Gasteiger partial charge on any atom is -0.494 e. The lowest BCUT2D eigenvalue weighted by molar-refractivity contribution is 0.00141. The fourth-order valence-electron chi connectivity index (χ4n) is 2.74. The molecule has 0 radical (unpaired) electrons. The topological polar surface area (TPSA) is 60.2 Å². The molecule has 136 valence electrons. The van der Waals surface area contributed by atoms with Crippen molar-refractivity contribution in [3.05, 3.63) is 77.6 Å². The molecule has 7 heteroatoms. The average molecular weight is 376 g/mol. The molecule has 0 aliphatic heterocycles. The molecule has 0 aliphatic rings. The second-order valence-electron chi connectivity index (χ2n) is 6.04. The third-order valence-electron chi connectivity index (χ3n) is 4.09. The predicted octanol–water partition coefficient (Wildman–Crippen LogP) is 3.82. The first-order valence-electron chi connectivity index (χ1n) is 8.24. The zero-order valence-electron chi connectivity index (χ0n) is 14.1. The van der Waals surface area contributed by atoms with Crippen LogP contribution in [-0.2, 0) is 12.1 Å². The Morgan fingerprint density at radius 1 is 1.12 bits per heavy atom. The molecule has 3 aromatic rings. The van der Waals surface area contributed by atoms with Gasteiger partial charge in [-0.15, -0.1) is 0 Å². The van der Waals surface area contributed by atoms with Gasteiger partial charge in [0.15, 0.2) is 0 Å². The minimum atomic E-state index is -1.13. The highest BCUT2D eigenvalue weighted by Crippen LogP contribution is 2.29. The molecule has 5 nitrogen and oxygen atoms in total. The Morgan fingerprint density at radius 3 is 2.50 bits per heavy atom. The highest BCUT2D eigenvalue weighted by atomic mass is 35.5. The summed E-state index contributed by atoms with van der Waals surface area (Å²) >= 11 is 5.95. The Bertz CT molecular complexity index is 810. The van der Waals surface area contributed by atoms with Crippen molar-refractivity contribution >= 4 is 11.6 Å². The summed E-state index contributed by atoms with van der Waals surface area (Å²) in [4.78, 5) is 3.92. The molecular formula is C19H19ClFN3O2. The van der Waals surface area contributed by atoms with E-state index in [2.05, 4.69) is 10.1 Å². The second kappa shape index (κ2) is 8.29. The largest absolute Gasteiger partial charge is 0.494 e. The normalized spacial score (nSPS) is 13.3. The molecule has 2 aromatic carbocycles. The molecule has 0 fully saturated rings. The molecule has 0 saturated heterocycles. The molecule has 1 aromatic heterocycles. The van der Waals surface area contributed by atoms with Crippen LogP contribution in [0.25, 0.3) is 0 Å². The number of halogens is 2. The number of rotatable bonds is 8. The first-order valence-corrected chi connectivity index (χ1v) is 8.62. The maximum atomic E-state index is 12.9. The van der Waals surface area contributed by atoms with Crippen molar-refractivity contribution in [2.24, 2.45) is 0 Å². The Balaban J connectivity index is 1.65. The Kier molecular flexibility index (Phi) is 5.85. The van der Waals surface area contributed by atoms with Crippen LogP contribution in [0.2, 0.25) is 5.02 Å². The van der Waals surface area contributed by atoms with Crippen LogP contribution in [0.5, 0.6) is 5.75 Å². The van der Waals surface area contributed by atoms with Crippen molar-refractivity contribution in [1.82, 2.24) is 14.8 Å². The smallest absolute Gasteiger partial charge is 0.137 e. The Morgan fingerprint density at radius 2 is 1.85 bits per heavy atom. The second-order valence-corrected chi connectivity index (χ2v) is 6.47. The van der Waals surface area contributed by atoms with Crippen LogP contribution < -0.4 is 4.74 Å². The quantitative estimate of drug-likeness (QED) is 0.608. The van der Waals surface area contributed by atoms with Crippen molar-refractivity contribution in [3.8, 4) is 5.75 Å². The fourth-order valence-corrected chi connectivity index (χ4v) is 2.87. The average Bonchev–Trinajstić information content (AvgIpc) is 3.13. The van der Waals surface area contributed by atoms with E-state index < -0.39 is 5.60 Å². The molecule has 0 spiro atoms. The van der Waals surface area contributed by atoms with Crippen LogP contribution in [0.1, 0.15) is 18.4 Å². The summed E-state index contributed by atoms with van der Waals surface area (Å²) in [6.45, 7) is 0.671. The van der Waals surface area contributed by atoms with Gasteiger partial charge in [-0.1, -0.05) is 23.7 Å². The van der Waals surface area contributed by atoms with E-state index in [9.17, 15) is 9.50 Å². The highest BCUT2D eigenvalue weighted by Gasteiger charge is 2.30. The van der Waals surface area contributed by atoms with Gasteiger partial charge in [0.2, 0.25) is 0 Å². The summed E-state index contributed by atoms with van der Waals surface area (Å²) in [5.74, 6) is 0.292. The van der Waals surface area contributed by atoms with Gasteiger partial charge in [-0.05, 0) is 54.8 Å². The van der Waals surface area contributed by atoms with Crippen molar-refractivity contribution in [2.75, 3.05) is 6.61 Å². The third-order valence-corrected chi connectivity index (χ3v) is 4.34. The minimum absolute atomic E-state index is 0.269. The highest BCUT2D eigenvalue weighted by molar-refractivity contribution is 6.30. The number of nitrogens with zero attached hydrogens (tertiary/aromatic N) is 3. The first kappa shape index (κ1) is 18.4. The van der Waals surface area contributed by atoms with Crippen LogP contribution in [0.4, 0.5) is 4.39 Å². The lowest BCUT2D eigenvalue weighted by Gasteiger charge is -2.28. The van der Waals surface area contributed by atoms with Gasteiger partial charge in [-0.25, -0.2) is 14.1 Å². The van der Waals surface area contributed by atoms with E-state index >= 15 is 0 Å². The van der Waals surface area contributed by atoms with Gasteiger partial charge in [0.1, 0.15) is 29.8 Å². The van der Waals surface area contributed by atoms with Gasteiger partial charge in [0, 0.05) is 5.02 Å². The zero-order valence-corrected chi connectivity index (χ0v) is 14.8. The Labute approximate surface area is 156 Å². The number of hydrogen-bond donors (Lipinski definition) is 1. The van der Waals surface area contributed by atoms with Crippen molar-refractivity contribution < 1.29 is 14.2 Å². The zero-order chi connectivity index (χ0) is 18.4. The number of benzene rings is 2. The van der Waals surface area contributed by atoms with Crippen LogP contribution >= 0.6 is 11.6 Å². The summed E-state index contributed by atoms with van der Waals surface area (Å²) in [5.41, 5.74) is -0.385. The van der Waals surface area contributed by atoms with E-state index in [1.54, 1.807) is 47.4 Å². The van der Waals surface area contributed by atoms with Gasteiger partial charge in [0.05, 0.1) is 13.2 Å². The molecule has 1 unspecified atom stereocenters. The molecule has 1 N–H and O–H groups in total. The maximum Gasteiger partial charge on any atom is 0.137 e. The molecule has 0 amide bonds. The van der Waals surface area contributed by atoms with Crippen LogP contribution in [0.15, 0.2) is 61.2 Å². The summed E-state index contributed by atoms with van der Waals surface area (Å²) in [5, 5.41) is 15.9. The molecular weight excluding hydrogens is 357 g/mol. The molecule has 1 atom stereocenters. The monoisotopic (exact) mass is 375 g/mol.